The summed E-state index contributed by atoms with van der Waals surface area (Å²) in [5.41, 5.74) is -0.172. The Kier molecular flexibility index (Phi) is 6.13. The average Bonchev–Trinajstić information content (AvgIpc) is 2.44. The van der Waals surface area contributed by atoms with Crippen molar-refractivity contribution >= 4 is 43.5 Å². The van der Waals surface area contributed by atoms with E-state index in [4.69, 9.17) is 0 Å². The molecule has 0 aliphatic carbocycles. The molecule has 5 nitrogen and oxygen atoms in total. The van der Waals surface area contributed by atoms with Gasteiger partial charge in [0.05, 0.1) is 4.92 Å². The number of carbonyl (C=O) groups is 1. The Bertz CT molecular complexity index is 508. The number of hydrogen-bond donors (Lipinski definition) is 1. The summed E-state index contributed by atoms with van der Waals surface area (Å²) in [5, 5.41) is 14.4. The van der Waals surface area contributed by atoms with E-state index in [2.05, 4.69) is 37.2 Å². The van der Waals surface area contributed by atoms with Crippen LogP contribution in [-0.2, 0) is 0 Å². The molecule has 0 aliphatic heterocycles. The lowest BCUT2D eigenvalue weighted by molar-refractivity contribution is -0.385. The van der Waals surface area contributed by atoms with Gasteiger partial charge in [0.25, 0.3) is 11.6 Å². The predicted molar refractivity (Wildman–Crippen MR) is 85.4 cm³/mol. The zero-order valence-corrected chi connectivity index (χ0v) is 14.5. The topological polar surface area (TPSA) is 72.2 Å². The zero-order valence-electron chi connectivity index (χ0n) is 11.3. The first-order valence-corrected chi connectivity index (χ1v) is 8.12. The highest BCUT2D eigenvalue weighted by Crippen LogP contribution is 2.23. The van der Waals surface area contributed by atoms with Gasteiger partial charge in [-0.2, -0.15) is 0 Å². The molecule has 0 spiro atoms. The molecule has 0 aliphatic rings. The normalized spacial score (nSPS) is 11.2. The van der Waals surface area contributed by atoms with Crippen molar-refractivity contribution in [1.82, 2.24) is 5.32 Å². The number of carbonyl (C=O) groups excluding carboxylic acids is 1. The van der Waals surface area contributed by atoms with Gasteiger partial charge in [0.2, 0.25) is 0 Å². The van der Waals surface area contributed by atoms with Gasteiger partial charge in [-0.3, -0.25) is 14.9 Å². The fraction of sp³-hybridized carbons (Fsp3) is 0.462. The van der Waals surface area contributed by atoms with E-state index in [1.165, 1.54) is 12.1 Å². The van der Waals surface area contributed by atoms with E-state index in [0.29, 0.717) is 9.80 Å². The molecule has 0 aromatic heterocycles. The van der Waals surface area contributed by atoms with Gasteiger partial charge in [0.15, 0.2) is 0 Å². The third kappa shape index (κ3) is 4.02. The molecule has 1 aromatic rings. The van der Waals surface area contributed by atoms with Gasteiger partial charge < -0.3 is 5.32 Å². The highest BCUT2D eigenvalue weighted by atomic mass is 79.9. The fourth-order valence-corrected chi connectivity index (χ4v) is 3.19. The van der Waals surface area contributed by atoms with Crippen molar-refractivity contribution in [2.75, 3.05) is 5.33 Å². The lowest BCUT2D eigenvalue weighted by Gasteiger charge is -2.30. The Morgan fingerprint density at radius 2 is 1.95 bits per heavy atom. The Morgan fingerprint density at radius 1 is 1.35 bits per heavy atom. The number of benzene rings is 1. The van der Waals surface area contributed by atoms with Crippen LogP contribution in [0.3, 0.4) is 0 Å². The molecule has 1 N–H and O–H groups in total. The van der Waals surface area contributed by atoms with E-state index >= 15 is 0 Å². The van der Waals surface area contributed by atoms with Crippen LogP contribution in [-0.4, -0.2) is 21.7 Å². The van der Waals surface area contributed by atoms with Crippen LogP contribution in [0.2, 0.25) is 0 Å². The van der Waals surface area contributed by atoms with Crippen LogP contribution >= 0.6 is 31.9 Å². The molecule has 0 heterocycles. The lowest BCUT2D eigenvalue weighted by Crippen LogP contribution is -2.49. The van der Waals surface area contributed by atoms with E-state index in [1.54, 1.807) is 6.07 Å². The molecule has 0 saturated carbocycles. The minimum absolute atomic E-state index is 0.109. The van der Waals surface area contributed by atoms with Gasteiger partial charge in [-0.15, -0.1) is 0 Å². The Balaban J connectivity index is 3.06. The Morgan fingerprint density at radius 3 is 2.40 bits per heavy atom. The summed E-state index contributed by atoms with van der Waals surface area (Å²) < 4.78 is 0.509. The second-order valence-corrected chi connectivity index (χ2v) is 6.01. The molecule has 0 bridgehead atoms. The molecular weight excluding hydrogens is 392 g/mol. The number of nitrogens with zero attached hydrogens (tertiary/aromatic N) is 1. The molecule has 0 fully saturated rings. The van der Waals surface area contributed by atoms with Crippen LogP contribution in [0, 0.1) is 10.1 Å². The maximum atomic E-state index is 12.3. The van der Waals surface area contributed by atoms with Crippen LogP contribution in [0.25, 0.3) is 0 Å². The van der Waals surface area contributed by atoms with Gasteiger partial charge in [-0.05, 0) is 18.9 Å². The molecule has 1 aromatic carbocycles. The average molecular weight is 408 g/mol. The summed E-state index contributed by atoms with van der Waals surface area (Å²) in [5.74, 6) is -0.308. The number of hydrogen-bond acceptors (Lipinski definition) is 3. The SMILES string of the molecule is CCC(CC)(CBr)NC(=O)c1cc(Br)cc([N+](=O)[O-])c1. The maximum Gasteiger partial charge on any atom is 0.271 e. The molecule has 0 unspecified atom stereocenters. The first-order valence-electron chi connectivity index (χ1n) is 6.21. The van der Waals surface area contributed by atoms with Crippen molar-refractivity contribution in [3.63, 3.8) is 0 Å². The number of rotatable bonds is 6. The highest BCUT2D eigenvalue weighted by Gasteiger charge is 2.27. The molecule has 20 heavy (non-hydrogen) atoms. The van der Waals surface area contributed by atoms with Crippen molar-refractivity contribution in [3.05, 3.63) is 38.3 Å². The van der Waals surface area contributed by atoms with Crippen molar-refractivity contribution in [1.29, 1.82) is 0 Å². The van der Waals surface area contributed by atoms with E-state index in [9.17, 15) is 14.9 Å². The molecular formula is C13H16Br2N2O3. The lowest BCUT2D eigenvalue weighted by atomic mass is 9.95. The van der Waals surface area contributed by atoms with E-state index in [-0.39, 0.29) is 22.7 Å². The molecule has 1 rings (SSSR count). The summed E-state index contributed by atoms with van der Waals surface area (Å²) in [6, 6.07) is 4.23. The predicted octanol–water partition coefficient (Wildman–Crippen LogP) is 4.04. The van der Waals surface area contributed by atoms with Crippen molar-refractivity contribution < 1.29 is 9.72 Å². The van der Waals surface area contributed by atoms with Crippen LogP contribution < -0.4 is 5.32 Å². The molecule has 0 radical (unpaired) electrons. The number of alkyl halides is 1. The van der Waals surface area contributed by atoms with E-state index < -0.39 is 4.92 Å². The number of nitro benzene ring substituents is 1. The van der Waals surface area contributed by atoms with Gasteiger partial charge in [-0.25, -0.2) is 0 Å². The van der Waals surface area contributed by atoms with Crippen LogP contribution in [0.15, 0.2) is 22.7 Å². The maximum absolute atomic E-state index is 12.3. The zero-order chi connectivity index (χ0) is 15.3. The molecule has 0 atom stereocenters. The summed E-state index contributed by atoms with van der Waals surface area (Å²) >= 11 is 6.60. The van der Waals surface area contributed by atoms with Crippen LogP contribution in [0.1, 0.15) is 37.0 Å². The molecule has 1 amide bonds. The third-order valence-corrected chi connectivity index (χ3v) is 4.87. The summed E-state index contributed by atoms with van der Waals surface area (Å²) in [6.45, 7) is 3.99. The van der Waals surface area contributed by atoms with E-state index in [0.717, 1.165) is 12.8 Å². The summed E-state index contributed by atoms with van der Waals surface area (Å²) in [7, 11) is 0. The summed E-state index contributed by atoms with van der Waals surface area (Å²) in [6.07, 6.45) is 1.55. The number of non-ortho nitro benzene ring substituents is 1. The quantitative estimate of drug-likeness (QED) is 0.439. The molecule has 0 saturated heterocycles. The number of halogens is 2. The largest absolute Gasteiger partial charge is 0.346 e. The second kappa shape index (κ2) is 7.17. The fourth-order valence-electron chi connectivity index (χ4n) is 1.77. The van der Waals surface area contributed by atoms with Crippen molar-refractivity contribution in [2.45, 2.75) is 32.2 Å². The molecule has 7 heteroatoms. The smallest absolute Gasteiger partial charge is 0.271 e. The monoisotopic (exact) mass is 406 g/mol. The number of nitro groups is 1. The third-order valence-electron chi connectivity index (χ3n) is 3.34. The summed E-state index contributed by atoms with van der Waals surface area (Å²) in [4.78, 5) is 22.6. The number of amides is 1. The first-order chi connectivity index (χ1) is 9.37. The minimum atomic E-state index is -0.515. The minimum Gasteiger partial charge on any atom is -0.346 e. The highest BCUT2D eigenvalue weighted by molar-refractivity contribution is 9.10. The standard InChI is InChI=1S/C13H16Br2N2O3/c1-3-13(4-2,8-14)16-12(18)9-5-10(15)7-11(6-9)17(19)20/h5-7H,3-4,8H2,1-2H3,(H,16,18). The number of nitrogens with one attached hydrogen (secondary N) is 1. The van der Waals surface area contributed by atoms with Crippen molar-refractivity contribution in [2.24, 2.45) is 0 Å². The van der Waals surface area contributed by atoms with Crippen LogP contribution in [0.4, 0.5) is 5.69 Å². The Hall–Kier alpha value is -0.950. The van der Waals surface area contributed by atoms with Crippen molar-refractivity contribution in [3.8, 4) is 0 Å². The van der Waals surface area contributed by atoms with E-state index in [1.807, 2.05) is 13.8 Å². The molecule has 110 valence electrons. The van der Waals surface area contributed by atoms with Gasteiger partial charge in [0, 0.05) is 33.0 Å². The van der Waals surface area contributed by atoms with Gasteiger partial charge in [0.1, 0.15) is 0 Å². The first kappa shape index (κ1) is 17.1. The van der Waals surface area contributed by atoms with Gasteiger partial charge >= 0.3 is 0 Å². The van der Waals surface area contributed by atoms with Gasteiger partial charge in [-0.1, -0.05) is 45.7 Å². The van der Waals surface area contributed by atoms with Crippen LogP contribution in [0.5, 0.6) is 0 Å². The second-order valence-electron chi connectivity index (χ2n) is 4.53. The Labute approximate surface area is 134 Å².